The Balaban J connectivity index is 1.23. The van der Waals surface area contributed by atoms with Crippen molar-refractivity contribution < 1.29 is 13.7 Å². The standard InChI is InChI=1S/C23H22FN7O2/c1-16-26-19(22-27-23(33-28-22)17-5-4-8-25-13-17)14-31(16)15-21(32)30-11-9-29(10-12-30)20-7-3-2-6-18(20)24/h2-8,13-14H,9-12,15H2,1H3. The van der Waals surface area contributed by atoms with Crippen molar-refractivity contribution in [3.8, 4) is 23.0 Å². The molecule has 0 N–H and O–H groups in total. The molecule has 0 radical (unpaired) electrons. The molecule has 1 fully saturated rings. The van der Waals surface area contributed by atoms with Gasteiger partial charge in [-0.2, -0.15) is 4.98 Å². The third-order valence-electron chi connectivity index (χ3n) is 5.67. The summed E-state index contributed by atoms with van der Waals surface area (Å²) in [5.41, 5.74) is 1.83. The Hall–Kier alpha value is -4.08. The molecule has 1 saturated heterocycles. The van der Waals surface area contributed by atoms with Crippen molar-refractivity contribution in [3.05, 3.63) is 66.6 Å². The Kier molecular flexibility index (Phi) is 5.55. The van der Waals surface area contributed by atoms with Crippen LogP contribution in [0.1, 0.15) is 5.82 Å². The summed E-state index contributed by atoms with van der Waals surface area (Å²) in [6.07, 6.45) is 5.06. The lowest BCUT2D eigenvalue weighted by atomic mass is 10.2. The van der Waals surface area contributed by atoms with Gasteiger partial charge in [0.25, 0.3) is 5.89 Å². The van der Waals surface area contributed by atoms with Crippen LogP contribution in [0.25, 0.3) is 23.0 Å². The number of halogens is 1. The SMILES string of the molecule is Cc1nc(-c2noc(-c3cccnc3)n2)cn1CC(=O)N1CCN(c2ccccc2F)CC1. The molecule has 1 amide bonds. The van der Waals surface area contributed by atoms with Gasteiger partial charge in [0.15, 0.2) is 0 Å². The zero-order valence-electron chi connectivity index (χ0n) is 18.1. The highest BCUT2D eigenvalue weighted by molar-refractivity contribution is 5.76. The van der Waals surface area contributed by atoms with Crippen molar-refractivity contribution in [2.24, 2.45) is 0 Å². The second-order valence-corrected chi connectivity index (χ2v) is 7.79. The van der Waals surface area contributed by atoms with Gasteiger partial charge in [0, 0.05) is 44.8 Å². The number of carbonyl (C=O) groups is 1. The minimum Gasteiger partial charge on any atom is -0.366 e. The van der Waals surface area contributed by atoms with E-state index in [-0.39, 0.29) is 18.3 Å². The average molecular weight is 447 g/mol. The lowest BCUT2D eigenvalue weighted by Crippen LogP contribution is -2.49. The highest BCUT2D eigenvalue weighted by Gasteiger charge is 2.24. The smallest absolute Gasteiger partial charge is 0.259 e. The van der Waals surface area contributed by atoms with Crippen LogP contribution in [0.2, 0.25) is 0 Å². The highest BCUT2D eigenvalue weighted by Crippen LogP contribution is 2.22. The van der Waals surface area contributed by atoms with Crippen LogP contribution in [0.15, 0.2) is 59.5 Å². The molecule has 1 aliphatic heterocycles. The third-order valence-corrected chi connectivity index (χ3v) is 5.67. The maximum Gasteiger partial charge on any atom is 0.259 e. The molecule has 0 saturated carbocycles. The van der Waals surface area contributed by atoms with Gasteiger partial charge >= 0.3 is 0 Å². The molecule has 0 bridgehead atoms. The Bertz CT molecular complexity index is 1260. The summed E-state index contributed by atoms with van der Waals surface area (Å²) in [6, 6.07) is 10.3. The van der Waals surface area contributed by atoms with Crippen molar-refractivity contribution in [3.63, 3.8) is 0 Å². The summed E-state index contributed by atoms with van der Waals surface area (Å²) in [4.78, 5) is 29.6. The zero-order chi connectivity index (χ0) is 22.8. The number of nitrogens with zero attached hydrogens (tertiary/aromatic N) is 7. The van der Waals surface area contributed by atoms with Crippen molar-refractivity contribution in [1.82, 2.24) is 29.6 Å². The van der Waals surface area contributed by atoms with E-state index in [1.54, 1.807) is 46.3 Å². The summed E-state index contributed by atoms with van der Waals surface area (Å²) in [5, 5.41) is 4.01. The number of carbonyl (C=O) groups excluding carboxylic acids is 1. The zero-order valence-corrected chi connectivity index (χ0v) is 18.1. The molecule has 5 rings (SSSR count). The molecule has 0 spiro atoms. The number of amides is 1. The number of pyridine rings is 1. The quantitative estimate of drug-likeness (QED) is 0.464. The number of anilines is 1. The Morgan fingerprint density at radius 3 is 2.67 bits per heavy atom. The Morgan fingerprint density at radius 2 is 1.91 bits per heavy atom. The van der Waals surface area contributed by atoms with Crippen molar-refractivity contribution in [1.29, 1.82) is 0 Å². The lowest BCUT2D eigenvalue weighted by molar-refractivity contribution is -0.132. The number of aromatic nitrogens is 5. The van der Waals surface area contributed by atoms with E-state index in [1.807, 2.05) is 24.0 Å². The minimum absolute atomic E-state index is 0.0144. The summed E-state index contributed by atoms with van der Waals surface area (Å²) in [6.45, 7) is 4.22. The third kappa shape index (κ3) is 4.32. The van der Waals surface area contributed by atoms with Gasteiger partial charge in [-0.05, 0) is 31.2 Å². The molecule has 168 valence electrons. The average Bonchev–Trinajstić information content (AvgIpc) is 3.47. The van der Waals surface area contributed by atoms with Crippen LogP contribution in [0.5, 0.6) is 0 Å². The van der Waals surface area contributed by atoms with E-state index in [0.717, 1.165) is 5.56 Å². The molecule has 4 heterocycles. The fourth-order valence-corrected chi connectivity index (χ4v) is 3.86. The molecule has 10 heteroatoms. The van der Waals surface area contributed by atoms with Gasteiger partial charge in [-0.25, -0.2) is 9.37 Å². The fourth-order valence-electron chi connectivity index (χ4n) is 3.86. The maximum atomic E-state index is 14.0. The van der Waals surface area contributed by atoms with Crippen LogP contribution in [-0.4, -0.2) is 61.7 Å². The molecule has 9 nitrogen and oxygen atoms in total. The van der Waals surface area contributed by atoms with E-state index in [9.17, 15) is 9.18 Å². The van der Waals surface area contributed by atoms with Gasteiger partial charge in [-0.3, -0.25) is 9.78 Å². The van der Waals surface area contributed by atoms with Gasteiger partial charge in [0.2, 0.25) is 11.7 Å². The van der Waals surface area contributed by atoms with Crippen LogP contribution in [0, 0.1) is 12.7 Å². The topological polar surface area (TPSA) is 93.2 Å². The molecule has 4 aromatic rings. The number of benzene rings is 1. The molecule has 0 aliphatic carbocycles. The normalized spacial score (nSPS) is 14.0. The van der Waals surface area contributed by atoms with E-state index < -0.39 is 0 Å². The second kappa shape index (κ2) is 8.81. The van der Waals surface area contributed by atoms with E-state index in [4.69, 9.17) is 4.52 Å². The first kappa shape index (κ1) is 20.8. The van der Waals surface area contributed by atoms with Gasteiger partial charge in [-0.15, -0.1) is 0 Å². The number of piperazine rings is 1. The number of para-hydroxylation sites is 1. The molecule has 1 aromatic carbocycles. The monoisotopic (exact) mass is 447 g/mol. The van der Waals surface area contributed by atoms with Crippen molar-refractivity contribution >= 4 is 11.6 Å². The summed E-state index contributed by atoms with van der Waals surface area (Å²) in [5.74, 6) is 1.12. The fraction of sp³-hybridized carbons (Fsp3) is 0.261. The van der Waals surface area contributed by atoms with E-state index >= 15 is 0 Å². The highest BCUT2D eigenvalue weighted by atomic mass is 19.1. The molecular formula is C23H22FN7O2. The second-order valence-electron chi connectivity index (χ2n) is 7.79. The summed E-state index contributed by atoms with van der Waals surface area (Å²) in [7, 11) is 0. The molecule has 0 atom stereocenters. The molecule has 33 heavy (non-hydrogen) atoms. The minimum atomic E-state index is -0.244. The first-order valence-corrected chi connectivity index (χ1v) is 10.6. The first-order valence-electron chi connectivity index (χ1n) is 10.6. The van der Waals surface area contributed by atoms with E-state index in [0.29, 0.717) is 55.1 Å². The van der Waals surface area contributed by atoms with Crippen LogP contribution < -0.4 is 4.90 Å². The predicted octanol–water partition coefficient (Wildman–Crippen LogP) is 2.79. The van der Waals surface area contributed by atoms with Crippen LogP contribution in [0.4, 0.5) is 10.1 Å². The van der Waals surface area contributed by atoms with Crippen molar-refractivity contribution in [2.75, 3.05) is 31.1 Å². The number of hydrogen-bond acceptors (Lipinski definition) is 7. The largest absolute Gasteiger partial charge is 0.366 e. The van der Waals surface area contributed by atoms with Gasteiger partial charge < -0.3 is 18.9 Å². The van der Waals surface area contributed by atoms with E-state index in [2.05, 4.69) is 20.1 Å². The van der Waals surface area contributed by atoms with Gasteiger partial charge in [0.05, 0.1) is 11.3 Å². The summed E-state index contributed by atoms with van der Waals surface area (Å²) < 4.78 is 21.2. The van der Waals surface area contributed by atoms with E-state index in [1.165, 1.54) is 6.07 Å². The van der Waals surface area contributed by atoms with Crippen molar-refractivity contribution in [2.45, 2.75) is 13.5 Å². The Morgan fingerprint density at radius 1 is 1.09 bits per heavy atom. The first-order chi connectivity index (χ1) is 16.1. The molecule has 3 aromatic heterocycles. The number of imidazole rings is 1. The van der Waals surface area contributed by atoms with Crippen LogP contribution in [0.3, 0.4) is 0 Å². The summed E-state index contributed by atoms with van der Waals surface area (Å²) >= 11 is 0. The number of rotatable bonds is 5. The molecule has 1 aliphatic rings. The van der Waals surface area contributed by atoms with Crippen LogP contribution >= 0.6 is 0 Å². The van der Waals surface area contributed by atoms with Gasteiger partial charge in [0.1, 0.15) is 23.9 Å². The molecule has 0 unspecified atom stereocenters. The van der Waals surface area contributed by atoms with Gasteiger partial charge in [-0.1, -0.05) is 17.3 Å². The predicted molar refractivity (Wildman–Crippen MR) is 119 cm³/mol. The Labute approximate surface area is 189 Å². The van der Waals surface area contributed by atoms with Crippen LogP contribution in [-0.2, 0) is 11.3 Å². The lowest BCUT2D eigenvalue weighted by Gasteiger charge is -2.36. The number of aryl methyl sites for hydroxylation is 1. The number of hydrogen-bond donors (Lipinski definition) is 0. The molecular weight excluding hydrogens is 425 g/mol. The maximum absolute atomic E-state index is 14.0.